The Hall–Kier alpha value is -0.650. The fourth-order valence-corrected chi connectivity index (χ4v) is 1.74. The molecule has 5 heteroatoms. The number of rotatable bonds is 4. The number of aliphatic hydroxyl groups is 1. The summed E-state index contributed by atoms with van der Waals surface area (Å²) in [5.74, 6) is 0.152. The molecular formula is C11H22N2O3. The topological polar surface area (TPSA) is 75.8 Å². The van der Waals surface area contributed by atoms with Crippen molar-refractivity contribution in [2.24, 2.45) is 11.7 Å². The predicted molar refractivity (Wildman–Crippen MR) is 60.8 cm³/mol. The lowest BCUT2D eigenvalue weighted by atomic mass is 9.98. The van der Waals surface area contributed by atoms with Crippen LogP contribution in [0.25, 0.3) is 0 Å². The lowest BCUT2D eigenvalue weighted by Crippen LogP contribution is -2.53. The molecule has 0 spiro atoms. The maximum atomic E-state index is 12.0. The van der Waals surface area contributed by atoms with Crippen molar-refractivity contribution in [3.05, 3.63) is 0 Å². The van der Waals surface area contributed by atoms with Crippen molar-refractivity contribution < 1.29 is 14.6 Å². The van der Waals surface area contributed by atoms with E-state index in [4.69, 9.17) is 15.6 Å². The zero-order valence-electron chi connectivity index (χ0n) is 10.1. The fourth-order valence-electron chi connectivity index (χ4n) is 1.74. The third-order valence-corrected chi connectivity index (χ3v) is 3.20. The van der Waals surface area contributed by atoms with Crippen LogP contribution in [0.15, 0.2) is 0 Å². The Bertz CT molecular complexity index is 235. The van der Waals surface area contributed by atoms with E-state index in [1.165, 1.54) is 0 Å². The predicted octanol–water partition coefficient (Wildman–Crippen LogP) is -0.420. The molecule has 3 N–H and O–H groups in total. The van der Waals surface area contributed by atoms with Gasteiger partial charge in [0.2, 0.25) is 5.91 Å². The van der Waals surface area contributed by atoms with Crippen molar-refractivity contribution >= 4 is 5.91 Å². The van der Waals surface area contributed by atoms with Crippen LogP contribution in [-0.4, -0.2) is 54.4 Å². The number of carbonyl (C=O) groups is 1. The van der Waals surface area contributed by atoms with Gasteiger partial charge in [0, 0.05) is 13.1 Å². The Labute approximate surface area is 96.6 Å². The van der Waals surface area contributed by atoms with Gasteiger partial charge in [-0.2, -0.15) is 0 Å². The van der Waals surface area contributed by atoms with Crippen molar-refractivity contribution in [3.63, 3.8) is 0 Å². The second-order valence-electron chi connectivity index (χ2n) is 4.37. The summed E-state index contributed by atoms with van der Waals surface area (Å²) < 4.78 is 5.29. The number of nitrogens with two attached hydrogens (primary N) is 1. The molecule has 1 amide bonds. The Kier molecular flexibility index (Phi) is 5.18. The summed E-state index contributed by atoms with van der Waals surface area (Å²) in [5, 5.41) is 8.99. The first-order chi connectivity index (χ1) is 7.60. The van der Waals surface area contributed by atoms with E-state index < -0.39 is 6.04 Å². The molecule has 0 aromatic heterocycles. The summed E-state index contributed by atoms with van der Waals surface area (Å²) in [6.45, 7) is 5.44. The van der Waals surface area contributed by atoms with E-state index >= 15 is 0 Å². The Morgan fingerprint density at radius 3 is 2.94 bits per heavy atom. The number of hydrogen-bond acceptors (Lipinski definition) is 4. The molecule has 0 radical (unpaired) electrons. The third-order valence-electron chi connectivity index (χ3n) is 3.20. The van der Waals surface area contributed by atoms with E-state index in [0.29, 0.717) is 19.7 Å². The van der Waals surface area contributed by atoms with Crippen LogP contribution in [0.1, 0.15) is 20.3 Å². The first-order valence-electron chi connectivity index (χ1n) is 5.87. The minimum absolute atomic E-state index is 0.0314. The molecule has 16 heavy (non-hydrogen) atoms. The normalized spacial score (nSPS) is 25.2. The molecule has 1 saturated heterocycles. The van der Waals surface area contributed by atoms with Gasteiger partial charge in [0.05, 0.1) is 25.4 Å². The van der Waals surface area contributed by atoms with Crippen LogP contribution < -0.4 is 5.73 Å². The average Bonchev–Trinajstić information content (AvgIpc) is 2.36. The van der Waals surface area contributed by atoms with Crippen LogP contribution in [0.2, 0.25) is 0 Å². The summed E-state index contributed by atoms with van der Waals surface area (Å²) in [6, 6.07) is -0.442. The summed E-state index contributed by atoms with van der Waals surface area (Å²) >= 11 is 0. The highest BCUT2D eigenvalue weighted by Gasteiger charge is 2.29. The average molecular weight is 230 g/mol. The summed E-state index contributed by atoms with van der Waals surface area (Å²) in [5.41, 5.74) is 5.89. The van der Waals surface area contributed by atoms with Crippen LogP contribution in [0, 0.1) is 5.92 Å². The van der Waals surface area contributed by atoms with Gasteiger partial charge in [-0.15, -0.1) is 0 Å². The molecule has 5 nitrogen and oxygen atoms in total. The van der Waals surface area contributed by atoms with Crippen LogP contribution in [0.4, 0.5) is 0 Å². The molecule has 0 bridgehead atoms. The molecule has 1 aliphatic heterocycles. The van der Waals surface area contributed by atoms with Crippen molar-refractivity contribution in [3.8, 4) is 0 Å². The van der Waals surface area contributed by atoms with Crippen LogP contribution in [0.5, 0.6) is 0 Å². The lowest BCUT2D eigenvalue weighted by molar-refractivity contribution is -0.142. The standard InChI is InChI=1S/C11H22N2O3/c1-3-8(2)10(12)11(15)13-4-5-16-9(6-13)7-14/h8-10,14H,3-7,12H2,1-2H3/t8-,9?,10-/m0/s1. The van der Waals surface area contributed by atoms with Crippen LogP contribution >= 0.6 is 0 Å². The Morgan fingerprint density at radius 1 is 1.69 bits per heavy atom. The molecule has 3 atom stereocenters. The third kappa shape index (κ3) is 3.17. The molecule has 0 saturated carbocycles. The summed E-state index contributed by atoms with van der Waals surface area (Å²) in [6.07, 6.45) is 0.627. The van der Waals surface area contributed by atoms with E-state index in [1.54, 1.807) is 4.90 Å². The maximum Gasteiger partial charge on any atom is 0.239 e. The van der Waals surface area contributed by atoms with Gasteiger partial charge < -0.3 is 20.5 Å². The van der Waals surface area contributed by atoms with Crippen molar-refractivity contribution in [1.29, 1.82) is 0 Å². The molecule has 0 aromatic carbocycles. The van der Waals surface area contributed by atoms with Crippen LogP contribution in [-0.2, 0) is 9.53 Å². The Morgan fingerprint density at radius 2 is 2.38 bits per heavy atom. The number of morpholine rings is 1. The molecule has 94 valence electrons. The number of carbonyl (C=O) groups excluding carboxylic acids is 1. The zero-order valence-corrected chi connectivity index (χ0v) is 10.1. The molecule has 1 heterocycles. The van der Waals surface area contributed by atoms with E-state index in [2.05, 4.69) is 0 Å². The fraction of sp³-hybridized carbons (Fsp3) is 0.909. The van der Waals surface area contributed by atoms with Crippen molar-refractivity contribution in [1.82, 2.24) is 4.90 Å². The van der Waals surface area contributed by atoms with Crippen molar-refractivity contribution in [2.45, 2.75) is 32.4 Å². The van der Waals surface area contributed by atoms with E-state index in [9.17, 15) is 4.79 Å². The highest BCUT2D eigenvalue weighted by atomic mass is 16.5. The quantitative estimate of drug-likeness (QED) is 0.688. The van der Waals surface area contributed by atoms with E-state index in [0.717, 1.165) is 6.42 Å². The molecule has 1 rings (SSSR count). The number of ether oxygens (including phenoxy) is 1. The van der Waals surface area contributed by atoms with Gasteiger partial charge in [-0.25, -0.2) is 0 Å². The van der Waals surface area contributed by atoms with E-state index in [1.807, 2.05) is 13.8 Å². The monoisotopic (exact) mass is 230 g/mol. The highest BCUT2D eigenvalue weighted by molar-refractivity contribution is 5.82. The molecule has 1 aliphatic rings. The van der Waals surface area contributed by atoms with Gasteiger partial charge in [-0.3, -0.25) is 4.79 Å². The van der Waals surface area contributed by atoms with Crippen LogP contribution in [0.3, 0.4) is 0 Å². The Balaban J connectivity index is 2.52. The summed E-state index contributed by atoms with van der Waals surface area (Å²) in [4.78, 5) is 13.7. The first kappa shape index (κ1) is 13.4. The van der Waals surface area contributed by atoms with Gasteiger partial charge in [0.15, 0.2) is 0 Å². The maximum absolute atomic E-state index is 12.0. The molecule has 0 aromatic rings. The van der Waals surface area contributed by atoms with E-state index in [-0.39, 0.29) is 24.5 Å². The minimum Gasteiger partial charge on any atom is -0.394 e. The smallest absolute Gasteiger partial charge is 0.239 e. The number of nitrogens with zero attached hydrogens (tertiary/aromatic N) is 1. The largest absolute Gasteiger partial charge is 0.394 e. The number of hydrogen-bond donors (Lipinski definition) is 2. The van der Waals surface area contributed by atoms with Crippen molar-refractivity contribution in [2.75, 3.05) is 26.3 Å². The van der Waals surface area contributed by atoms with Gasteiger partial charge in [-0.1, -0.05) is 20.3 Å². The summed E-state index contributed by atoms with van der Waals surface area (Å²) in [7, 11) is 0. The molecule has 1 fully saturated rings. The zero-order chi connectivity index (χ0) is 12.1. The van der Waals surface area contributed by atoms with Gasteiger partial charge in [0.25, 0.3) is 0 Å². The first-order valence-corrected chi connectivity index (χ1v) is 5.87. The van der Waals surface area contributed by atoms with Gasteiger partial charge in [0.1, 0.15) is 0 Å². The second-order valence-corrected chi connectivity index (χ2v) is 4.37. The second kappa shape index (κ2) is 6.18. The van der Waals surface area contributed by atoms with Gasteiger partial charge in [-0.05, 0) is 5.92 Å². The molecular weight excluding hydrogens is 208 g/mol. The molecule has 1 unspecified atom stereocenters. The highest BCUT2D eigenvalue weighted by Crippen LogP contribution is 2.11. The molecule has 0 aliphatic carbocycles. The van der Waals surface area contributed by atoms with Gasteiger partial charge >= 0.3 is 0 Å². The minimum atomic E-state index is -0.442. The number of aliphatic hydroxyl groups excluding tert-OH is 1. The SMILES string of the molecule is CC[C@H](C)[C@H](N)C(=O)N1CCOC(CO)C1. The lowest BCUT2D eigenvalue weighted by Gasteiger charge is -2.34. The number of amides is 1.